The second kappa shape index (κ2) is 4.92. The fourth-order valence-corrected chi connectivity index (χ4v) is 2.56. The van der Waals surface area contributed by atoms with Gasteiger partial charge in [0, 0.05) is 19.3 Å². The minimum absolute atomic E-state index is 0.537. The highest BCUT2D eigenvalue weighted by atomic mass is 16.4. The summed E-state index contributed by atoms with van der Waals surface area (Å²) in [7, 11) is 0. The van der Waals surface area contributed by atoms with Gasteiger partial charge in [-0.1, -0.05) is 6.92 Å². The van der Waals surface area contributed by atoms with Crippen molar-refractivity contribution in [1.82, 2.24) is 9.97 Å². The summed E-state index contributed by atoms with van der Waals surface area (Å²) in [5.41, 5.74) is -0.628. The molecule has 2 rings (SSSR count). The number of aryl methyl sites for hydroxylation is 1. The zero-order valence-corrected chi connectivity index (χ0v) is 10.9. The number of aliphatic carboxylic acids is 1. The molecule has 1 aromatic rings. The zero-order valence-electron chi connectivity index (χ0n) is 10.9. The predicted molar refractivity (Wildman–Crippen MR) is 68.6 cm³/mol. The van der Waals surface area contributed by atoms with Gasteiger partial charge in [-0.25, -0.2) is 9.97 Å². The third-order valence-corrected chi connectivity index (χ3v) is 3.79. The standard InChI is InChI=1S/C13H19N3O2/c1-3-13(12(17)18)6-4-8-16(9-13)11-5-7-14-10(2)15-11/h5,7H,3-4,6,8-9H2,1-2H3,(H,17,18). The molecule has 1 atom stereocenters. The molecule has 1 saturated heterocycles. The van der Waals surface area contributed by atoms with Crippen LogP contribution in [0.4, 0.5) is 5.82 Å². The number of rotatable bonds is 3. The molecule has 1 unspecified atom stereocenters. The summed E-state index contributed by atoms with van der Waals surface area (Å²) in [6.45, 7) is 5.20. The Morgan fingerprint density at radius 3 is 3.00 bits per heavy atom. The largest absolute Gasteiger partial charge is 0.481 e. The number of aromatic nitrogens is 2. The molecule has 2 heterocycles. The van der Waals surface area contributed by atoms with Crippen LogP contribution in [0.2, 0.25) is 0 Å². The summed E-state index contributed by atoms with van der Waals surface area (Å²) in [5, 5.41) is 9.45. The van der Waals surface area contributed by atoms with Crippen LogP contribution in [0.5, 0.6) is 0 Å². The lowest BCUT2D eigenvalue weighted by molar-refractivity contribution is -0.149. The number of piperidine rings is 1. The SMILES string of the molecule is CCC1(C(=O)O)CCCN(c2ccnc(C)n2)C1. The molecular formula is C13H19N3O2. The summed E-state index contributed by atoms with van der Waals surface area (Å²) in [6, 6.07) is 1.85. The highest BCUT2D eigenvalue weighted by Crippen LogP contribution is 2.35. The van der Waals surface area contributed by atoms with E-state index in [9.17, 15) is 9.90 Å². The van der Waals surface area contributed by atoms with E-state index in [-0.39, 0.29) is 0 Å². The molecule has 1 aromatic heterocycles. The number of carboxylic acids is 1. The summed E-state index contributed by atoms with van der Waals surface area (Å²) >= 11 is 0. The van der Waals surface area contributed by atoms with Crippen molar-refractivity contribution in [3.05, 3.63) is 18.1 Å². The average molecular weight is 249 g/mol. The van der Waals surface area contributed by atoms with E-state index in [1.165, 1.54) is 0 Å². The second-order valence-corrected chi connectivity index (χ2v) is 4.93. The van der Waals surface area contributed by atoms with Crippen molar-refractivity contribution in [1.29, 1.82) is 0 Å². The molecule has 0 aromatic carbocycles. The van der Waals surface area contributed by atoms with E-state index < -0.39 is 11.4 Å². The first-order valence-electron chi connectivity index (χ1n) is 6.35. The molecule has 1 fully saturated rings. The van der Waals surface area contributed by atoms with Crippen molar-refractivity contribution in [3.8, 4) is 0 Å². The molecule has 5 heteroatoms. The van der Waals surface area contributed by atoms with Gasteiger partial charge in [0.15, 0.2) is 0 Å². The summed E-state index contributed by atoms with van der Waals surface area (Å²) in [4.78, 5) is 22.0. The highest BCUT2D eigenvalue weighted by Gasteiger charge is 2.41. The van der Waals surface area contributed by atoms with Gasteiger partial charge in [-0.05, 0) is 32.3 Å². The number of anilines is 1. The van der Waals surface area contributed by atoms with Gasteiger partial charge in [-0.15, -0.1) is 0 Å². The van der Waals surface area contributed by atoms with Gasteiger partial charge in [-0.2, -0.15) is 0 Å². The van der Waals surface area contributed by atoms with Crippen LogP contribution >= 0.6 is 0 Å². The molecule has 98 valence electrons. The fraction of sp³-hybridized carbons (Fsp3) is 0.615. The van der Waals surface area contributed by atoms with Crippen molar-refractivity contribution >= 4 is 11.8 Å². The maximum Gasteiger partial charge on any atom is 0.311 e. The van der Waals surface area contributed by atoms with Crippen molar-refractivity contribution in [2.24, 2.45) is 5.41 Å². The quantitative estimate of drug-likeness (QED) is 0.885. The lowest BCUT2D eigenvalue weighted by atomic mass is 9.77. The first-order chi connectivity index (χ1) is 8.57. The summed E-state index contributed by atoms with van der Waals surface area (Å²) < 4.78 is 0. The van der Waals surface area contributed by atoms with E-state index in [4.69, 9.17) is 0 Å². The van der Waals surface area contributed by atoms with Crippen molar-refractivity contribution < 1.29 is 9.90 Å². The maximum atomic E-state index is 11.5. The second-order valence-electron chi connectivity index (χ2n) is 4.93. The van der Waals surface area contributed by atoms with Crippen LogP contribution in [0.15, 0.2) is 12.3 Å². The van der Waals surface area contributed by atoms with Crippen LogP contribution in [0.25, 0.3) is 0 Å². The normalized spacial score (nSPS) is 24.0. The zero-order chi connectivity index (χ0) is 13.2. The Morgan fingerprint density at radius 2 is 2.39 bits per heavy atom. The van der Waals surface area contributed by atoms with Gasteiger partial charge in [0.2, 0.25) is 0 Å². The van der Waals surface area contributed by atoms with Crippen LogP contribution in [0, 0.1) is 12.3 Å². The minimum atomic E-state index is -0.694. The monoisotopic (exact) mass is 249 g/mol. The van der Waals surface area contributed by atoms with Gasteiger partial charge < -0.3 is 10.0 Å². The lowest BCUT2D eigenvalue weighted by Gasteiger charge is -2.40. The molecule has 1 aliphatic rings. The van der Waals surface area contributed by atoms with E-state index in [0.717, 1.165) is 31.0 Å². The topological polar surface area (TPSA) is 66.3 Å². The van der Waals surface area contributed by atoms with Gasteiger partial charge >= 0.3 is 5.97 Å². The third-order valence-electron chi connectivity index (χ3n) is 3.79. The van der Waals surface area contributed by atoms with E-state index >= 15 is 0 Å². The highest BCUT2D eigenvalue weighted by molar-refractivity contribution is 5.75. The summed E-state index contributed by atoms with van der Waals surface area (Å²) in [6.07, 6.45) is 4.02. The molecule has 1 N–H and O–H groups in total. The van der Waals surface area contributed by atoms with Crippen LogP contribution in [0.1, 0.15) is 32.0 Å². The van der Waals surface area contributed by atoms with Crippen LogP contribution in [-0.4, -0.2) is 34.1 Å². The Hall–Kier alpha value is -1.65. The first-order valence-corrected chi connectivity index (χ1v) is 6.35. The molecule has 0 amide bonds. The number of hydrogen-bond acceptors (Lipinski definition) is 4. The number of hydrogen-bond donors (Lipinski definition) is 1. The van der Waals surface area contributed by atoms with E-state index in [0.29, 0.717) is 13.0 Å². The molecule has 18 heavy (non-hydrogen) atoms. The Bertz CT molecular complexity index is 450. The molecule has 5 nitrogen and oxygen atoms in total. The van der Waals surface area contributed by atoms with Gasteiger partial charge in [-0.3, -0.25) is 4.79 Å². The van der Waals surface area contributed by atoms with Gasteiger partial charge in [0.05, 0.1) is 5.41 Å². The molecule has 0 spiro atoms. The van der Waals surface area contributed by atoms with E-state index in [1.54, 1.807) is 6.20 Å². The maximum absolute atomic E-state index is 11.5. The van der Waals surface area contributed by atoms with Crippen molar-refractivity contribution in [3.63, 3.8) is 0 Å². The predicted octanol–water partition coefficient (Wildman–Crippen LogP) is 1.87. The Labute approximate surface area is 107 Å². The van der Waals surface area contributed by atoms with Crippen LogP contribution in [0.3, 0.4) is 0 Å². The smallest absolute Gasteiger partial charge is 0.311 e. The summed E-state index contributed by atoms with van der Waals surface area (Å²) in [5.74, 6) is 0.859. The molecule has 0 radical (unpaired) electrons. The van der Waals surface area contributed by atoms with Crippen molar-refractivity contribution in [2.45, 2.75) is 33.1 Å². The van der Waals surface area contributed by atoms with Crippen LogP contribution < -0.4 is 4.90 Å². The van der Waals surface area contributed by atoms with Gasteiger partial charge in [0.25, 0.3) is 0 Å². The van der Waals surface area contributed by atoms with Crippen molar-refractivity contribution in [2.75, 3.05) is 18.0 Å². The number of nitrogens with zero attached hydrogens (tertiary/aromatic N) is 3. The molecule has 1 aliphatic heterocycles. The number of carbonyl (C=O) groups is 1. The fourth-order valence-electron chi connectivity index (χ4n) is 2.56. The molecule has 0 aliphatic carbocycles. The molecular weight excluding hydrogens is 230 g/mol. The Morgan fingerprint density at radius 1 is 1.61 bits per heavy atom. The molecule has 0 bridgehead atoms. The average Bonchev–Trinajstić information content (AvgIpc) is 2.38. The minimum Gasteiger partial charge on any atom is -0.481 e. The van der Waals surface area contributed by atoms with E-state index in [1.807, 2.05) is 19.9 Å². The Kier molecular flexibility index (Phi) is 3.50. The van der Waals surface area contributed by atoms with Gasteiger partial charge in [0.1, 0.15) is 11.6 Å². The Balaban J connectivity index is 2.23. The van der Waals surface area contributed by atoms with E-state index in [2.05, 4.69) is 14.9 Å². The third kappa shape index (κ3) is 2.30. The molecule has 0 saturated carbocycles. The lowest BCUT2D eigenvalue weighted by Crippen LogP contribution is -2.48. The van der Waals surface area contributed by atoms with Crippen LogP contribution in [-0.2, 0) is 4.79 Å². The first kappa shape index (κ1) is 12.8. The number of carboxylic acid groups (broad SMARTS) is 1.